The van der Waals surface area contributed by atoms with Crippen molar-refractivity contribution in [1.29, 1.82) is 0 Å². The van der Waals surface area contributed by atoms with Gasteiger partial charge < -0.3 is 5.73 Å². The number of hydrogen-bond acceptors (Lipinski definition) is 3. The van der Waals surface area contributed by atoms with E-state index in [0.717, 1.165) is 25.9 Å². The molecule has 1 fully saturated rings. The smallest absolute Gasteiger partial charge is 0.176 e. The Hall–Kier alpha value is -1.26. The number of nitrogens with two attached hydrogens (primary N) is 1. The number of benzene rings is 1. The molecule has 1 heterocycles. The quantitative estimate of drug-likeness (QED) is 0.808. The largest absolute Gasteiger partial charge is 0.327 e. The molecule has 2 rings (SSSR count). The molecule has 0 spiro atoms. The van der Waals surface area contributed by atoms with Crippen molar-refractivity contribution in [2.45, 2.75) is 18.9 Å². The molecular weight excluding hydrogens is 219 g/mol. The van der Waals surface area contributed by atoms with Crippen LogP contribution in [0.15, 0.2) is 24.3 Å². The highest BCUT2D eigenvalue weighted by Crippen LogP contribution is 2.10. The number of carbonyl (C=O) groups excluding carboxylic acids is 1. The number of carbonyl (C=O) groups is 1. The number of rotatable bonds is 3. The summed E-state index contributed by atoms with van der Waals surface area (Å²) in [6.45, 7) is 2.06. The molecule has 1 aliphatic rings. The Morgan fingerprint density at radius 3 is 2.76 bits per heavy atom. The van der Waals surface area contributed by atoms with Crippen molar-refractivity contribution in [2.75, 3.05) is 19.6 Å². The van der Waals surface area contributed by atoms with E-state index in [-0.39, 0.29) is 17.6 Å². The lowest BCUT2D eigenvalue weighted by atomic mass is 10.1. The summed E-state index contributed by atoms with van der Waals surface area (Å²) < 4.78 is 12.7. The lowest BCUT2D eigenvalue weighted by Crippen LogP contribution is -2.44. The molecule has 1 saturated heterocycles. The third-order valence-corrected chi connectivity index (χ3v) is 3.08. The van der Waals surface area contributed by atoms with Gasteiger partial charge in [-0.25, -0.2) is 4.39 Å². The van der Waals surface area contributed by atoms with E-state index in [2.05, 4.69) is 4.90 Å². The highest BCUT2D eigenvalue weighted by molar-refractivity contribution is 5.97. The Morgan fingerprint density at radius 2 is 2.12 bits per heavy atom. The number of halogens is 1. The van der Waals surface area contributed by atoms with Crippen LogP contribution >= 0.6 is 0 Å². The van der Waals surface area contributed by atoms with Crippen molar-refractivity contribution in [3.05, 3.63) is 35.6 Å². The van der Waals surface area contributed by atoms with Crippen LogP contribution in [0, 0.1) is 5.82 Å². The summed E-state index contributed by atoms with van der Waals surface area (Å²) >= 11 is 0. The van der Waals surface area contributed by atoms with Crippen molar-refractivity contribution in [3.63, 3.8) is 0 Å². The van der Waals surface area contributed by atoms with E-state index in [0.29, 0.717) is 12.1 Å². The summed E-state index contributed by atoms with van der Waals surface area (Å²) in [5.74, 6) is -0.291. The van der Waals surface area contributed by atoms with Gasteiger partial charge in [-0.2, -0.15) is 0 Å². The van der Waals surface area contributed by atoms with E-state index in [1.807, 2.05) is 0 Å². The molecule has 0 saturated carbocycles. The monoisotopic (exact) mass is 236 g/mol. The summed E-state index contributed by atoms with van der Waals surface area (Å²) in [6.07, 6.45) is 2.07. The zero-order chi connectivity index (χ0) is 12.3. The van der Waals surface area contributed by atoms with Gasteiger partial charge in [0.25, 0.3) is 0 Å². The van der Waals surface area contributed by atoms with Crippen LogP contribution in [0.25, 0.3) is 0 Å². The van der Waals surface area contributed by atoms with Gasteiger partial charge in [0.15, 0.2) is 5.78 Å². The molecule has 1 aromatic rings. The van der Waals surface area contributed by atoms with Crippen LogP contribution < -0.4 is 5.73 Å². The number of ketones is 1. The Morgan fingerprint density at radius 1 is 1.41 bits per heavy atom. The first-order chi connectivity index (χ1) is 8.15. The van der Waals surface area contributed by atoms with Gasteiger partial charge in [0, 0.05) is 18.2 Å². The summed E-state index contributed by atoms with van der Waals surface area (Å²) in [4.78, 5) is 14.0. The first-order valence-electron chi connectivity index (χ1n) is 5.92. The Balaban J connectivity index is 1.94. The molecule has 2 N–H and O–H groups in total. The van der Waals surface area contributed by atoms with Gasteiger partial charge in [-0.3, -0.25) is 9.69 Å². The fourth-order valence-electron chi connectivity index (χ4n) is 2.17. The van der Waals surface area contributed by atoms with Crippen LogP contribution in [0.1, 0.15) is 23.2 Å². The summed E-state index contributed by atoms with van der Waals surface area (Å²) in [7, 11) is 0. The van der Waals surface area contributed by atoms with Gasteiger partial charge in [-0.05, 0) is 43.7 Å². The van der Waals surface area contributed by atoms with Crippen LogP contribution in [0.3, 0.4) is 0 Å². The highest BCUT2D eigenvalue weighted by atomic mass is 19.1. The number of likely N-dealkylation sites (tertiary alicyclic amines) is 1. The molecule has 1 aromatic carbocycles. The lowest BCUT2D eigenvalue weighted by Gasteiger charge is -2.29. The number of hydrogen-bond donors (Lipinski definition) is 1. The minimum absolute atomic E-state index is 0.0269. The van der Waals surface area contributed by atoms with Crippen molar-refractivity contribution >= 4 is 5.78 Å². The third kappa shape index (κ3) is 3.35. The van der Waals surface area contributed by atoms with Crippen molar-refractivity contribution < 1.29 is 9.18 Å². The molecule has 17 heavy (non-hydrogen) atoms. The van der Waals surface area contributed by atoms with E-state index in [1.54, 1.807) is 0 Å². The molecule has 3 nitrogen and oxygen atoms in total. The Bertz CT molecular complexity index is 391. The molecule has 1 atom stereocenters. The van der Waals surface area contributed by atoms with Gasteiger partial charge in [-0.15, -0.1) is 0 Å². The SMILES string of the molecule is N[C@H]1CCCN(CC(=O)c2ccc(F)cc2)C1. The van der Waals surface area contributed by atoms with Crippen molar-refractivity contribution in [3.8, 4) is 0 Å². The molecule has 92 valence electrons. The lowest BCUT2D eigenvalue weighted by molar-refractivity contribution is 0.0908. The van der Waals surface area contributed by atoms with Crippen LogP contribution in [-0.2, 0) is 0 Å². The Kier molecular flexibility index (Phi) is 3.86. The Labute approximate surface area is 100 Å². The second kappa shape index (κ2) is 5.38. The first-order valence-corrected chi connectivity index (χ1v) is 5.92. The molecule has 0 aromatic heterocycles. The number of Topliss-reactive ketones (excluding diaryl/α,β-unsaturated/α-hetero) is 1. The van der Waals surface area contributed by atoms with Crippen LogP contribution in [0.2, 0.25) is 0 Å². The van der Waals surface area contributed by atoms with E-state index in [4.69, 9.17) is 5.73 Å². The molecule has 1 aliphatic heterocycles. The van der Waals surface area contributed by atoms with Gasteiger partial charge in [-0.1, -0.05) is 0 Å². The molecule has 0 unspecified atom stereocenters. The molecule has 0 radical (unpaired) electrons. The molecule has 0 amide bonds. The minimum atomic E-state index is -0.318. The van der Waals surface area contributed by atoms with Crippen LogP contribution in [-0.4, -0.2) is 36.4 Å². The maximum Gasteiger partial charge on any atom is 0.176 e. The average Bonchev–Trinajstić information content (AvgIpc) is 2.29. The molecular formula is C13H17FN2O. The number of nitrogens with zero attached hydrogens (tertiary/aromatic N) is 1. The van der Waals surface area contributed by atoms with E-state index in [1.165, 1.54) is 24.3 Å². The molecule has 4 heteroatoms. The average molecular weight is 236 g/mol. The second-order valence-electron chi connectivity index (χ2n) is 4.57. The number of piperidine rings is 1. The van der Waals surface area contributed by atoms with Crippen molar-refractivity contribution in [2.24, 2.45) is 5.73 Å². The van der Waals surface area contributed by atoms with E-state index < -0.39 is 0 Å². The predicted octanol–water partition coefficient (Wildman–Crippen LogP) is 1.43. The maximum absolute atomic E-state index is 12.7. The van der Waals surface area contributed by atoms with Gasteiger partial charge >= 0.3 is 0 Å². The summed E-state index contributed by atoms with van der Waals surface area (Å²) in [5.41, 5.74) is 6.42. The van der Waals surface area contributed by atoms with Crippen LogP contribution in [0.4, 0.5) is 4.39 Å². The standard InChI is InChI=1S/C13H17FN2O/c14-11-5-3-10(4-6-11)13(17)9-16-7-1-2-12(15)8-16/h3-6,12H,1-2,7-9,15H2/t12-/m0/s1. The van der Waals surface area contributed by atoms with E-state index >= 15 is 0 Å². The second-order valence-corrected chi connectivity index (χ2v) is 4.57. The summed E-state index contributed by atoms with van der Waals surface area (Å²) in [5, 5.41) is 0. The van der Waals surface area contributed by atoms with Crippen LogP contribution in [0.5, 0.6) is 0 Å². The van der Waals surface area contributed by atoms with Gasteiger partial charge in [0.1, 0.15) is 5.82 Å². The fourth-order valence-corrected chi connectivity index (χ4v) is 2.17. The zero-order valence-electron chi connectivity index (χ0n) is 9.73. The predicted molar refractivity (Wildman–Crippen MR) is 64.4 cm³/mol. The summed E-state index contributed by atoms with van der Waals surface area (Å²) in [6, 6.07) is 5.86. The highest BCUT2D eigenvalue weighted by Gasteiger charge is 2.19. The first kappa shape index (κ1) is 12.2. The normalized spacial score (nSPS) is 21.4. The maximum atomic E-state index is 12.7. The van der Waals surface area contributed by atoms with Crippen molar-refractivity contribution in [1.82, 2.24) is 4.90 Å². The molecule has 0 aliphatic carbocycles. The zero-order valence-corrected chi connectivity index (χ0v) is 9.73. The van der Waals surface area contributed by atoms with Gasteiger partial charge in [0.2, 0.25) is 0 Å². The van der Waals surface area contributed by atoms with Gasteiger partial charge in [0.05, 0.1) is 6.54 Å². The minimum Gasteiger partial charge on any atom is -0.327 e. The third-order valence-electron chi connectivity index (χ3n) is 3.08. The molecule has 0 bridgehead atoms. The fraction of sp³-hybridized carbons (Fsp3) is 0.462. The van der Waals surface area contributed by atoms with E-state index in [9.17, 15) is 9.18 Å². The topological polar surface area (TPSA) is 46.3 Å².